The Morgan fingerprint density at radius 1 is 1.47 bits per heavy atom. The van der Waals surface area contributed by atoms with E-state index >= 15 is 0 Å². The summed E-state index contributed by atoms with van der Waals surface area (Å²) in [4.78, 5) is 0. The van der Waals surface area contributed by atoms with Crippen molar-refractivity contribution >= 4 is 9.84 Å². The van der Waals surface area contributed by atoms with Crippen LogP contribution in [0, 0.1) is 12.3 Å². The van der Waals surface area contributed by atoms with Crippen LogP contribution >= 0.6 is 0 Å². The average Bonchev–Trinajstić information content (AvgIpc) is 2.17. The number of rotatable bonds is 4. The van der Waals surface area contributed by atoms with Crippen LogP contribution in [0.5, 0.6) is 0 Å². The van der Waals surface area contributed by atoms with Gasteiger partial charge in [0.1, 0.15) is 0 Å². The molecule has 0 spiro atoms. The lowest BCUT2D eigenvalue weighted by molar-refractivity contribution is 0.150. The smallest absolute Gasteiger partial charge is 0.155 e. The van der Waals surface area contributed by atoms with E-state index in [2.05, 4.69) is 5.92 Å². The standard InChI is InChI=1S/C11H18O3S/c1-2-3-4-7-10(12)11-8-5-6-9-15(11,13)14/h1,10-12H,3-9H2. The van der Waals surface area contributed by atoms with Crippen LogP contribution < -0.4 is 0 Å². The van der Waals surface area contributed by atoms with Crippen molar-refractivity contribution in [2.75, 3.05) is 5.75 Å². The molecule has 1 aliphatic rings. The second-order valence-corrected chi connectivity index (χ2v) is 6.40. The van der Waals surface area contributed by atoms with Crippen molar-refractivity contribution in [2.45, 2.75) is 49.9 Å². The van der Waals surface area contributed by atoms with Gasteiger partial charge in [0.2, 0.25) is 0 Å². The highest BCUT2D eigenvalue weighted by Crippen LogP contribution is 2.24. The Morgan fingerprint density at radius 2 is 2.20 bits per heavy atom. The van der Waals surface area contributed by atoms with Crippen molar-refractivity contribution in [1.82, 2.24) is 0 Å². The Hall–Kier alpha value is -0.530. The predicted octanol–water partition coefficient (Wildman–Crippen LogP) is 1.12. The molecule has 0 aliphatic carbocycles. The van der Waals surface area contributed by atoms with Gasteiger partial charge in [-0.15, -0.1) is 12.3 Å². The van der Waals surface area contributed by atoms with Crippen LogP contribution in [0.1, 0.15) is 38.5 Å². The monoisotopic (exact) mass is 230 g/mol. The van der Waals surface area contributed by atoms with Crippen LogP contribution in [0.3, 0.4) is 0 Å². The Bertz CT molecular complexity index is 326. The first kappa shape index (κ1) is 12.5. The van der Waals surface area contributed by atoms with Crippen molar-refractivity contribution < 1.29 is 13.5 Å². The van der Waals surface area contributed by atoms with E-state index in [0.29, 0.717) is 25.7 Å². The zero-order chi connectivity index (χ0) is 11.3. The fraction of sp³-hybridized carbons (Fsp3) is 0.818. The van der Waals surface area contributed by atoms with Gasteiger partial charge in [-0.1, -0.05) is 6.42 Å². The Morgan fingerprint density at radius 3 is 2.80 bits per heavy atom. The van der Waals surface area contributed by atoms with E-state index in [4.69, 9.17) is 6.42 Å². The molecule has 1 heterocycles. The molecule has 0 saturated carbocycles. The number of hydrogen-bond donors (Lipinski definition) is 1. The van der Waals surface area contributed by atoms with E-state index in [9.17, 15) is 13.5 Å². The second-order valence-electron chi connectivity index (χ2n) is 4.06. The van der Waals surface area contributed by atoms with E-state index in [1.807, 2.05) is 0 Å². The van der Waals surface area contributed by atoms with Gasteiger partial charge < -0.3 is 5.11 Å². The van der Waals surface area contributed by atoms with Gasteiger partial charge in [-0.05, 0) is 25.7 Å². The summed E-state index contributed by atoms with van der Waals surface area (Å²) in [5.41, 5.74) is 0. The van der Waals surface area contributed by atoms with Crippen LogP contribution in [-0.2, 0) is 9.84 Å². The van der Waals surface area contributed by atoms with Gasteiger partial charge in [0.25, 0.3) is 0 Å². The summed E-state index contributed by atoms with van der Waals surface area (Å²) in [6.07, 6.45) is 8.38. The number of sulfone groups is 1. The maximum atomic E-state index is 11.7. The van der Waals surface area contributed by atoms with Crippen molar-refractivity contribution in [3.05, 3.63) is 0 Å². The molecule has 0 aromatic heterocycles. The molecule has 4 heteroatoms. The van der Waals surface area contributed by atoms with Crippen molar-refractivity contribution in [1.29, 1.82) is 0 Å². The molecular formula is C11H18O3S. The van der Waals surface area contributed by atoms with Crippen LogP contribution in [-0.4, -0.2) is 30.6 Å². The maximum Gasteiger partial charge on any atom is 0.155 e. The van der Waals surface area contributed by atoms with E-state index in [-0.39, 0.29) is 5.75 Å². The Kier molecular flexibility index (Phi) is 4.62. The molecule has 0 amide bonds. The topological polar surface area (TPSA) is 54.4 Å². The van der Waals surface area contributed by atoms with E-state index in [1.54, 1.807) is 0 Å². The number of unbranched alkanes of at least 4 members (excludes halogenated alkanes) is 1. The van der Waals surface area contributed by atoms with Gasteiger partial charge in [0, 0.05) is 6.42 Å². The maximum absolute atomic E-state index is 11.7. The lowest BCUT2D eigenvalue weighted by Crippen LogP contribution is -2.38. The Labute approximate surface area is 91.8 Å². The largest absolute Gasteiger partial charge is 0.392 e. The molecule has 0 bridgehead atoms. The third-order valence-electron chi connectivity index (χ3n) is 2.88. The lowest BCUT2D eigenvalue weighted by atomic mass is 10.0. The summed E-state index contributed by atoms with van der Waals surface area (Å²) in [6, 6.07) is 0. The first-order chi connectivity index (χ1) is 7.08. The zero-order valence-electron chi connectivity index (χ0n) is 8.85. The summed E-state index contributed by atoms with van der Waals surface area (Å²) in [7, 11) is -3.06. The quantitative estimate of drug-likeness (QED) is 0.581. The Balaban J connectivity index is 2.50. The fourth-order valence-electron chi connectivity index (χ4n) is 2.01. The third-order valence-corrected chi connectivity index (χ3v) is 5.21. The SMILES string of the molecule is C#CCCCC(O)C1CCCCS1(=O)=O. The summed E-state index contributed by atoms with van der Waals surface area (Å²) in [5.74, 6) is 2.71. The van der Waals surface area contributed by atoms with Crippen molar-refractivity contribution in [2.24, 2.45) is 0 Å². The third kappa shape index (κ3) is 3.51. The van der Waals surface area contributed by atoms with Crippen molar-refractivity contribution in [3.63, 3.8) is 0 Å². The van der Waals surface area contributed by atoms with Gasteiger partial charge >= 0.3 is 0 Å². The highest BCUT2D eigenvalue weighted by atomic mass is 32.2. The molecule has 1 rings (SSSR count). The minimum absolute atomic E-state index is 0.226. The second kappa shape index (κ2) is 5.53. The molecule has 1 aliphatic heterocycles. The van der Waals surface area contributed by atoms with Gasteiger partial charge in [0.05, 0.1) is 17.1 Å². The summed E-state index contributed by atoms with van der Waals surface area (Å²) in [6.45, 7) is 0. The molecule has 0 aromatic rings. The number of aliphatic hydroxyl groups is 1. The molecule has 2 atom stereocenters. The first-order valence-electron chi connectivity index (χ1n) is 5.41. The fourth-order valence-corrected chi connectivity index (χ4v) is 4.06. The van der Waals surface area contributed by atoms with Gasteiger partial charge in [-0.2, -0.15) is 0 Å². The van der Waals surface area contributed by atoms with E-state index in [1.165, 1.54) is 0 Å². The first-order valence-corrected chi connectivity index (χ1v) is 7.12. The van der Waals surface area contributed by atoms with E-state index in [0.717, 1.165) is 12.8 Å². The van der Waals surface area contributed by atoms with Crippen molar-refractivity contribution in [3.8, 4) is 12.3 Å². The van der Waals surface area contributed by atoms with E-state index < -0.39 is 21.2 Å². The molecule has 15 heavy (non-hydrogen) atoms. The highest BCUT2D eigenvalue weighted by molar-refractivity contribution is 7.92. The highest BCUT2D eigenvalue weighted by Gasteiger charge is 2.33. The minimum atomic E-state index is -3.06. The van der Waals surface area contributed by atoms with Gasteiger partial charge in [-0.25, -0.2) is 8.42 Å². The minimum Gasteiger partial charge on any atom is -0.392 e. The lowest BCUT2D eigenvalue weighted by Gasteiger charge is -2.26. The normalized spacial score (nSPS) is 26.8. The van der Waals surface area contributed by atoms with Crippen LogP contribution in [0.2, 0.25) is 0 Å². The number of hydrogen-bond acceptors (Lipinski definition) is 3. The zero-order valence-corrected chi connectivity index (χ0v) is 9.67. The van der Waals surface area contributed by atoms with Crippen LogP contribution in [0.15, 0.2) is 0 Å². The summed E-state index contributed by atoms with van der Waals surface area (Å²) >= 11 is 0. The molecule has 86 valence electrons. The van der Waals surface area contributed by atoms with Crippen LogP contribution in [0.4, 0.5) is 0 Å². The molecular weight excluding hydrogens is 212 g/mol. The summed E-state index contributed by atoms with van der Waals surface area (Å²) < 4.78 is 23.3. The molecule has 2 unspecified atom stereocenters. The predicted molar refractivity (Wildman–Crippen MR) is 60.1 cm³/mol. The summed E-state index contributed by atoms with van der Waals surface area (Å²) in [5, 5.41) is 9.24. The average molecular weight is 230 g/mol. The van der Waals surface area contributed by atoms with Gasteiger partial charge in [-0.3, -0.25) is 0 Å². The van der Waals surface area contributed by atoms with Gasteiger partial charge in [0.15, 0.2) is 9.84 Å². The molecule has 3 nitrogen and oxygen atoms in total. The molecule has 1 N–H and O–H groups in total. The molecule has 0 aromatic carbocycles. The molecule has 0 radical (unpaired) electrons. The number of aliphatic hydroxyl groups excluding tert-OH is 1. The molecule has 1 fully saturated rings. The number of terminal acetylenes is 1. The van der Waals surface area contributed by atoms with Crippen LogP contribution in [0.25, 0.3) is 0 Å². The molecule has 1 saturated heterocycles.